The average Bonchev–Trinajstić information content (AvgIpc) is 2.12. The van der Waals surface area contributed by atoms with Crippen LogP contribution in [0, 0.1) is 11.3 Å². The third-order valence-electron chi connectivity index (χ3n) is 0.730. The van der Waals surface area contributed by atoms with Crippen LogP contribution >= 0.6 is 23.9 Å². The van der Waals surface area contributed by atoms with E-state index in [4.69, 9.17) is 5.26 Å². The van der Waals surface area contributed by atoms with Crippen molar-refractivity contribution < 1.29 is 0 Å². The van der Waals surface area contributed by atoms with Crippen molar-refractivity contribution in [2.75, 3.05) is 0 Å². The van der Waals surface area contributed by atoms with Gasteiger partial charge >= 0.3 is 0 Å². The van der Waals surface area contributed by atoms with Crippen molar-refractivity contribution in [2.45, 2.75) is 4.20 Å². The topological polar surface area (TPSA) is 26.8 Å². The van der Waals surface area contributed by atoms with Crippen molar-refractivity contribution in [1.29, 1.82) is 5.26 Å². The molecule has 0 saturated carbocycles. The number of rotatable bonds is 0. The maximum atomic E-state index is 8.17. The molecule has 0 aromatic rings. The third-order valence-corrected chi connectivity index (χ3v) is 3.43. The van der Waals surface area contributed by atoms with E-state index in [0.717, 1.165) is 0 Å². The molecule has 0 unspecified atom stereocenters. The van der Waals surface area contributed by atoms with E-state index in [1.165, 1.54) is 0 Å². The van der Waals surface area contributed by atoms with E-state index in [1.807, 2.05) is 3.71 Å². The summed E-state index contributed by atoms with van der Waals surface area (Å²) < 4.78 is 1.90. The lowest BCUT2D eigenvalue weighted by molar-refractivity contribution is 1.04. The summed E-state index contributed by atoms with van der Waals surface area (Å²) in [6.45, 7) is 0. The smallest absolute Gasteiger partial charge is 0.194 e. The Hall–Kier alpha value is 0.150. The predicted molar refractivity (Wildman–Crippen MR) is 25.4 cm³/mol. The van der Waals surface area contributed by atoms with Gasteiger partial charge in [0.05, 0.1) is 0 Å². The normalized spacial score (nSPS) is 58.8. The first-order valence-electron chi connectivity index (χ1n) is 1.47. The third kappa shape index (κ3) is 0.179. The predicted octanol–water partition coefficient (Wildman–Crippen LogP) is 0.789. The first kappa shape index (κ1) is 3.19. The lowest BCUT2D eigenvalue weighted by atomic mass is 10.8. The van der Waals surface area contributed by atoms with Gasteiger partial charge in [0, 0.05) is 0 Å². The van der Waals surface area contributed by atoms with Crippen molar-refractivity contribution in [3.63, 3.8) is 0 Å². The fourth-order valence-corrected chi connectivity index (χ4v) is 1.69. The molecule has 2 saturated heterocycles. The highest BCUT2D eigenvalue weighted by molar-refractivity contribution is 8.40. The minimum Gasteiger partial charge on any atom is -0.194 e. The summed E-state index contributed by atoms with van der Waals surface area (Å²) in [4.78, 5) is 0. The first-order chi connectivity index (χ1) is 2.87. The Balaban J connectivity index is 2.34. The van der Waals surface area contributed by atoms with Crippen molar-refractivity contribution in [3.8, 4) is 6.07 Å². The molecule has 2 aliphatic heterocycles. The van der Waals surface area contributed by atoms with Crippen LogP contribution in [0.25, 0.3) is 0 Å². The minimum atomic E-state index is -0.0694. The van der Waals surface area contributed by atoms with E-state index in [9.17, 15) is 0 Å². The minimum absolute atomic E-state index is 0.0694. The summed E-state index contributed by atoms with van der Waals surface area (Å²) in [5.41, 5.74) is 0. The molecule has 0 spiro atoms. The summed E-state index contributed by atoms with van der Waals surface area (Å²) in [6.07, 6.45) is 0. The van der Waals surface area contributed by atoms with Crippen molar-refractivity contribution in [1.82, 2.24) is 3.71 Å². The van der Waals surface area contributed by atoms with Crippen molar-refractivity contribution in [2.24, 2.45) is 0 Å². The van der Waals surface area contributed by atoms with E-state index < -0.39 is 0 Å². The molecule has 0 radical (unpaired) electrons. The van der Waals surface area contributed by atoms with Crippen LogP contribution in [0.4, 0.5) is 0 Å². The van der Waals surface area contributed by atoms with E-state index >= 15 is 0 Å². The molecule has 2 rings (SSSR count). The van der Waals surface area contributed by atoms with Gasteiger partial charge in [-0.05, 0) is 23.9 Å². The van der Waals surface area contributed by atoms with Crippen LogP contribution < -0.4 is 0 Å². The van der Waals surface area contributed by atoms with Gasteiger partial charge in [-0.25, -0.2) is 0 Å². The number of fused-ring (bicyclic) bond motifs is 1. The second-order valence-corrected chi connectivity index (χ2v) is 3.90. The fourth-order valence-electron chi connectivity index (χ4n) is 0.272. The zero-order valence-electron chi connectivity index (χ0n) is 2.71. The lowest BCUT2D eigenvalue weighted by Crippen LogP contribution is -1.73. The van der Waals surface area contributed by atoms with Gasteiger partial charge in [0.25, 0.3) is 4.20 Å². The van der Waals surface area contributed by atoms with Crippen LogP contribution in [-0.4, -0.2) is 7.91 Å². The second kappa shape index (κ2) is 0.601. The second-order valence-electron chi connectivity index (χ2n) is 1.13. The average molecular weight is 116 g/mol. The Morgan fingerprint density at radius 3 is 2.17 bits per heavy atom. The molecule has 0 aliphatic carbocycles. The van der Waals surface area contributed by atoms with Crippen LogP contribution in [-0.2, 0) is 0 Å². The molecular formula is C2N2S2. The van der Waals surface area contributed by atoms with Crippen LogP contribution in [0.5, 0.6) is 0 Å². The number of hydrogen-bond donors (Lipinski definition) is 0. The van der Waals surface area contributed by atoms with E-state index in [-0.39, 0.29) is 4.20 Å². The standard InChI is InChI=1S/C2N2S2/c3-1-2-4(5-2)6-2. The monoisotopic (exact) mass is 116 g/mol. The molecular weight excluding hydrogens is 116 g/mol. The molecule has 4 heteroatoms. The molecule has 0 aromatic carbocycles. The Bertz CT molecular complexity index is 131. The van der Waals surface area contributed by atoms with Crippen LogP contribution in [0.2, 0.25) is 0 Å². The van der Waals surface area contributed by atoms with Gasteiger partial charge < -0.3 is 0 Å². The highest BCUT2D eigenvalue weighted by Gasteiger charge is 2.75. The number of nitrogens with zero attached hydrogens (tertiary/aromatic N) is 2. The van der Waals surface area contributed by atoms with Gasteiger partial charge in [-0.3, -0.25) is 0 Å². The Kier molecular flexibility index (Phi) is 0.320. The molecule has 2 aliphatic rings. The van der Waals surface area contributed by atoms with Gasteiger partial charge in [0.15, 0.2) is 0 Å². The largest absolute Gasteiger partial charge is 0.250 e. The van der Waals surface area contributed by atoms with Gasteiger partial charge in [-0.1, -0.05) is 0 Å². The molecule has 30 valence electrons. The molecule has 0 aromatic heterocycles. The molecule has 0 N–H and O–H groups in total. The maximum Gasteiger partial charge on any atom is 0.250 e. The molecule has 2 fully saturated rings. The molecule has 6 heavy (non-hydrogen) atoms. The van der Waals surface area contributed by atoms with E-state index in [2.05, 4.69) is 6.07 Å². The quantitative estimate of drug-likeness (QED) is 0.345. The maximum absolute atomic E-state index is 8.17. The van der Waals surface area contributed by atoms with Gasteiger partial charge in [0.2, 0.25) is 0 Å². The van der Waals surface area contributed by atoms with E-state index in [0.29, 0.717) is 0 Å². The van der Waals surface area contributed by atoms with Crippen LogP contribution in [0.15, 0.2) is 0 Å². The van der Waals surface area contributed by atoms with Gasteiger partial charge in [-0.2, -0.15) is 5.26 Å². The summed E-state index contributed by atoms with van der Waals surface area (Å²) in [7, 11) is 0. The first-order valence-corrected chi connectivity index (χ1v) is 3.02. The molecule has 0 bridgehead atoms. The highest BCUT2D eigenvalue weighted by atomic mass is 32.3. The summed E-state index contributed by atoms with van der Waals surface area (Å²) in [5.74, 6) is 0. The molecule has 0 amide bonds. The lowest BCUT2D eigenvalue weighted by Gasteiger charge is -1.69. The molecule has 2 heterocycles. The zero-order chi connectivity index (χ0) is 4.20. The Labute approximate surface area is 43.8 Å². The van der Waals surface area contributed by atoms with Crippen LogP contribution in [0.1, 0.15) is 0 Å². The molecule has 0 atom stereocenters. The van der Waals surface area contributed by atoms with Crippen LogP contribution in [0.3, 0.4) is 0 Å². The van der Waals surface area contributed by atoms with Gasteiger partial charge in [0.1, 0.15) is 6.07 Å². The summed E-state index contributed by atoms with van der Waals surface area (Å²) in [5, 5.41) is 8.17. The van der Waals surface area contributed by atoms with Gasteiger partial charge in [-0.15, -0.1) is 3.71 Å². The van der Waals surface area contributed by atoms with Crippen molar-refractivity contribution >= 4 is 23.9 Å². The highest BCUT2D eigenvalue weighted by Crippen LogP contribution is 2.80. The van der Waals surface area contributed by atoms with Crippen molar-refractivity contribution in [3.05, 3.63) is 0 Å². The summed E-state index contributed by atoms with van der Waals surface area (Å²) in [6, 6.07) is 2.14. The van der Waals surface area contributed by atoms with E-state index in [1.54, 1.807) is 23.9 Å². The fraction of sp³-hybridized carbons (Fsp3) is 0.500. The SMILES string of the molecule is N#CC12SN1S2. The molecule has 2 nitrogen and oxygen atoms in total. The Morgan fingerprint density at radius 2 is 2.17 bits per heavy atom. The summed E-state index contributed by atoms with van der Waals surface area (Å²) >= 11 is 3.21. The number of hydrogen-bond acceptors (Lipinski definition) is 4. The number of nitriles is 1. The zero-order valence-corrected chi connectivity index (χ0v) is 4.34. The Morgan fingerprint density at radius 1 is 1.67 bits per heavy atom.